The van der Waals surface area contributed by atoms with Gasteiger partial charge < -0.3 is 20.1 Å². The molecule has 5 nitrogen and oxygen atoms in total. The van der Waals surface area contributed by atoms with Gasteiger partial charge in [0.2, 0.25) is 0 Å². The molecule has 1 aromatic rings. The number of rotatable bonds is 5. The molecule has 18 heavy (non-hydrogen) atoms. The van der Waals surface area contributed by atoms with Gasteiger partial charge in [-0.25, -0.2) is 9.18 Å². The monoisotopic (exact) mass is 258 g/mol. The maximum Gasteiger partial charge on any atom is 0.340 e. The standard InChI is InChI=1S/C12H15FO5/c1-18-12(17)8-6-7(2-3-9(8)13)11(16)10(15)4-5-14/h2-3,6,10-11,14-16H,4-5H2,1H3. The molecule has 0 aliphatic rings. The van der Waals surface area contributed by atoms with Crippen LogP contribution in [0.1, 0.15) is 28.4 Å². The second-order valence-electron chi connectivity index (χ2n) is 3.76. The van der Waals surface area contributed by atoms with E-state index in [-0.39, 0.29) is 24.2 Å². The zero-order valence-electron chi connectivity index (χ0n) is 9.84. The number of methoxy groups -OCH3 is 1. The van der Waals surface area contributed by atoms with E-state index in [4.69, 9.17) is 5.11 Å². The maximum absolute atomic E-state index is 13.3. The van der Waals surface area contributed by atoms with Gasteiger partial charge in [0, 0.05) is 6.61 Å². The number of benzene rings is 1. The first-order valence-corrected chi connectivity index (χ1v) is 5.36. The summed E-state index contributed by atoms with van der Waals surface area (Å²) < 4.78 is 17.7. The molecule has 3 N–H and O–H groups in total. The molecule has 0 fully saturated rings. The molecule has 0 amide bonds. The lowest BCUT2D eigenvalue weighted by Gasteiger charge is -2.17. The van der Waals surface area contributed by atoms with Gasteiger partial charge in [-0.1, -0.05) is 6.07 Å². The Kier molecular flexibility index (Phi) is 5.21. The lowest BCUT2D eigenvalue weighted by molar-refractivity contribution is 0.00409. The third-order valence-electron chi connectivity index (χ3n) is 2.53. The van der Waals surface area contributed by atoms with Gasteiger partial charge in [0.25, 0.3) is 0 Å². The fourth-order valence-corrected chi connectivity index (χ4v) is 1.51. The van der Waals surface area contributed by atoms with Crippen molar-refractivity contribution in [2.45, 2.75) is 18.6 Å². The van der Waals surface area contributed by atoms with E-state index < -0.39 is 24.0 Å². The lowest BCUT2D eigenvalue weighted by atomic mass is 10.00. The third-order valence-corrected chi connectivity index (χ3v) is 2.53. The van der Waals surface area contributed by atoms with Crippen LogP contribution in [-0.4, -0.2) is 41.1 Å². The minimum atomic E-state index is -1.30. The van der Waals surface area contributed by atoms with Crippen LogP contribution in [0.15, 0.2) is 18.2 Å². The van der Waals surface area contributed by atoms with Crippen LogP contribution in [0, 0.1) is 5.82 Å². The Bertz CT molecular complexity index is 421. The Morgan fingerprint density at radius 3 is 2.67 bits per heavy atom. The Labute approximate surface area is 103 Å². The van der Waals surface area contributed by atoms with Gasteiger partial charge in [-0.2, -0.15) is 0 Å². The van der Waals surface area contributed by atoms with Crippen LogP contribution in [0.5, 0.6) is 0 Å². The number of esters is 1. The minimum Gasteiger partial charge on any atom is -0.465 e. The van der Waals surface area contributed by atoms with Crippen LogP contribution in [0.3, 0.4) is 0 Å². The van der Waals surface area contributed by atoms with Gasteiger partial charge in [0.15, 0.2) is 0 Å². The zero-order chi connectivity index (χ0) is 13.7. The summed E-state index contributed by atoms with van der Waals surface area (Å²) in [6, 6.07) is 3.38. The second kappa shape index (κ2) is 6.44. The van der Waals surface area contributed by atoms with Crippen LogP contribution in [0.4, 0.5) is 4.39 Å². The largest absolute Gasteiger partial charge is 0.465 e. The van der Waals surface area contributed by atoms with Crippen LogP contribution >= 0.6 is 0 Å². The van der Waals surface area contributed by atoms with E-state index in [0.29, 0.717) is 0 Å². The van der Waals surface area contributed by atoms with E-state index >= 15 is 0 Å². The molecule has 1 rings (SSSR count). The summed E-state index contributed by atoms with van der Waals surface area (Å²) in [4.78, 5) is 11.3. The van der Waals surface area contributed by atoms with Crippen molar-refractivity contribution in [3.63, 3.8) is 0 Å². The van der Waals surface area contributed by atoms with Crippen LogP contribution in [-0.2, 0) is 4.74 Å². The molecule has 0 saturated heterocycles. The van der Waals surface area contributed by atoms with E-state index in [1.807, 2.05) is 0 Å². The van der Waals surface area contributed by atoms with Crippen molar-refractivity contribution < 1.29 is 29.2 Å². The molecular formula is C12H15FO5. The molecule has 100 valence electrons. The molecule has 0 radical (unpaired) electrons. The van der Waals surface area contributed by atoms with Crippen LogP contribution < -0.4 is 0 Å². The molecule has 0 heterocycles. The molecule has 0 aromatic heterocycles. The number of halogens is 1. The zero-order valence-corrected chi connectivity index (χ0v) is 9.84. The van der Waals surface area contributed by atoms with E-state index in [2.05, 4.69) is 4.74 Å². The molecule has 2 unspecified atom stereocenters. The van der Waals surface area contributed by atoms with Gasteiger partial charge in [-0.15, -0.1) is 0 Å². The quantitative estimate of drug-likeness (QED) is 0.665. The Balaban J connectivity index is 3.00. The highest BCUT2D eigenvalue weighted by Crippen LogP contribution is 2.22. The SMILES string of the molecule is COC(=O)c1cc(C(O)C(O)CCO)ccc1F. The Morgan fingerprint density at radius 1 is 1.44 bits per heavy atom. The Hall–Kier alpha value is -1.50. The van der Waals surface area contributed by atoms with Crippen LogP contribution in [0.2, 0.25) is 0 Å². The van der Waals surface area contributed by atoms with Gasteiger partial charge in [0.1, 0.15) is 11.9 Å². The number of carbonyl (C=O) groups is 1. The summed E-state index contributed by atoms with van der Waals surface area (Å²) in [6.07, 6.45) is -2.52. The van der Waals surface area contributed by atoms with Crippen molar-refractivity contribution in [3.8, 4) is 0 Å². The van der Waals surface area contributed by atoms with Crippen molar-refractivity contribution in [3.05, 3.63) is 35.1 Å². The molecule has 0 bridgehead atoms. The molecule has 0 aliphatic carbocycles. The molecule has 2 atom stereocenters. The smallest absolute Gasteiger partial charge is 0.340 e. The normalized spacial score (nSPS) is 14.1. The van der Waals surface area contributed by atoms with E-state index in [1.165, 1.54) is 6.07 Å². The Morgan fingerprint density at radius 2 is 2.11 bits per heavy atom. The van der Waals surface area contributed by atoms with Gasteiger partial charge in [0.05, 0.1) is 18.8 Å². The van der Waals surface area contributed by atoms with Gasteiger partial charge in [-0.05, 0) is 24.1 Å². The summed E-state index contributed by atoms with van der Waals surface area (Å²) in [5.74, 6) is -1.63. The fraction of sp³-hybridized carbons (Fsp3) is 0.417. The van der Waals surface area contributed by atoms with Crippen molar-refractivity contribution in [2.24, 2.45) is 0 Å². The summed E-state index contributed by atoms with van der Waals surface area (Å²) in [5.41, 5.74) is -0.136. The highest BCUT2D eigenvalue weighted by molar-refractivity contribution is 5.89. The molecule has 6 heteroatoms. The van der Waals surface area contributed by atoms with Gasteiger partial charge >= 0.3 is 5.97 Å². The van der Waals surface area contributed by atoms with Crippen molar-refractivity contribution >= 4 is 5.97 Å². The van der Waals surface area contributed by atoms with Gasteiger partial charge in [-0.3, -0.25) is 0 Å². The number of carbonyl (C=O) groups excluding carboxylic acids is 1. The first-order chi connectivity index (χ1) is 8.51. The molecule has 0 aliphatic heterocycles. The van der Waals surface area contributed by atoms with Crippen molar-refractivity contribution in [1.82, 2.24) is 0 Å². The fourth-order valence-electron chi connectivity index (χ4n) is 1.51. The first-order valence-electron chi connectivity index (χ1n) is 5.36. The lowest BCUT2D eigenvalue weighted by Crippen LogP contribution is -2.20. The average Bonchev–Trinajstić information content (AvgIpc) is 2.38. The molecule has 0 spiro atoms. The number of ether oxygens (including phenoxy) is 1. The van der Waals surface area contributed by atoms with E-state index in [1.54, 1.807) is 0 Å². The minimum absolute atomic E-state index is 0.0217. The third kappa shape index (κ3) is 3.25. The van der Waals surface area contributed by atoms with E-state index in [0.717, 1.165) is 19.2 Å². The van der Waals surface area contributed by atoms with E-state index in [9.17, 15) is 19.4 Å². The highest BCUT2D eigenvalue weighted by atomic mass is 19.1. The topological polar surface area (TPSA) is 87.0 Å². The molecular weight excluding hydrogens is 243 g/mol. The number of hydrogen-bond acceptors (Lipinski definition) is 5. The molecule has 0 saturated carbocycles. The first kappa shape index (κ1) is 14.6. The maximum atomic E-state index is 13.3. The summed E-state index contributed by atoms with van der Waals surface area (Å²) in [7, 11) is 1.12. The van der Waals surface area contributed by atoms with Crippen LogP contribution in [0.25, 0.3) is 0 Å². The highest BCUT2D eigenvalue weighted by Gasteiger charge is 2.21. The molecule has 1 aromatic carbocycles. The summed E-state index contributed by atoms with van der Waals surface area (Å²) in [6.45, 7) is -0.288. The summed E-state index contributed by atoms with van der Waals surface area (Å²) >= 11 is 0. The number of aliphatic hydroxyl groups excluding tert-OH is 3. The van der Waals surface area contributed by atoms with Crippen molar-refractivity contribution in [1.29, 1.82) is 0 Å². The average molecular weight is 258 g/mol. The number of aliphatic hydroxyl groups is 3. The predicted octanol–water partition coefficient (Wildman–Crippen LogP) is 0.389. The summed E-state index contributed by atoms with van der Waals surface area (Å²) in [5, 5.41) is 27.9. The predicted molar refractivity (Wildman–Crippen MR) is 60.4 cm³/mol. The second-order valence-corrected chi connectivity index (χ2v) is 3.76. The number of hydrogen-bond donors (Lipinski definition) is 3. The van der Waals surface area contributed by atoms with Crippen molar-refractivity contribution in [2.75, 3.05) is 13.7 Å².